The second-order valence-corrected chi connectivity index (χ2v) is 3.36. The van der Waals surface area contributed by atoms with Gasteiger partial charge in [-0.25, -0.2) is 0 Å². The van der Waals surface area contributed by atoms with Gasteiger partial charge in [0.2, 0.25) is 0 Å². The molecule has 2 atom stereocenters. The Morgan fingerprint density at radius 2 is 2.08 bits per heavy atom. The second-order valence-electron chi connectivity index (χ2n) is 3.36. The van der Waals surface area contributed by atoms with Gasteiger partial charge in [0.05, 0.1) is 0 Å². The van der Waals surface area contributed by atoms with Crippen LogP contribution in [0.1, 0.15) is 5.56 Å². The Kier molecular flexibility index (Phi) is 2.59. The zero-order chi connectivity index (χ0) is 9.10. The highest BCUT2D eigenvalue weighted by atomic mass is 16.3. The van der Waals surface area contributed by atoms with Gasteiger partial charge in [0.25, 0.3) is 0 Å². The van der Waals surface area contributed by atoms with Gasteiger partial charge in [-0.1, -0.05) is 30.3 Å². The number of hydrogen-bond acceptors (Lipinski definition) is 3. The summed E-state index contributed by atoms with van der Waals surface area (Å²) in [5.41, 5.74) is 1.30. The van der Waals surface area contributed by atoms with E-state index in [1.807, 2.05) is 18.2 Å². The largest absolute Gasteiger partial charge is 0.365 e. The van der Waals surface area contributed by atoms with Crippen LogP contribution in [0, 0.1) is 0 Å². The summed E-state index contributed by atoms with van der Waals surface area (Å²) in [4.78, 5) is 0. The minimum absolute atomic E-state index is 0.345. The van der Waals surface area contributed by atoms with Crippen LogP contribution in [0.2, 0.25) is 0 Å². The van der Waals surface area contributed by atoms with Crippen molar-refractivity contribution in [1.29, 1.82) is 0 Å². The summed E-state index contributed by atoms with van der Waals surface area (Å²) >= 11 is 0. The Morgan fingerprint density at radius 3 is 2.69 bits per heavy atom. The van der Waals surface area contributed by atoms with E-state index in [0.29, 0.717) is 6.04 Å². The molecule has 70 valence electrons. The first-order valence-electron chi connectivity index (χ1n) is 4.56. The Hall–Kier alpha value is -0.900. The Balaban J connectivity index is 1.92. The monoisotopic (exact) mass is 178 g/mol. The number of aliphatic hydroxyl groups excluding tert-OH is 1. The molecule has 0 aliphatic carbocycles. The highest BCUT2D eigenvalue weighted by molar-refractivity contribution is 5.16. The van der Waals surface area contributed by atoms with Crippen LogP contribution in [0.3, 0.4) is 0 Å². The molecule has 1 saturated heterocycles. The lowest BCUT2D eigenvalue weighted by Gasteiger charge is -2.09. The molecule has 2 unspecified atom stereocenters. The SMILES string of the molecule is OC1NCC(Cc2ccccc2)N1. The molecule has 1 aliphatic heterocycles. The lowest BCUT2D eigenvalue weighted by atomic mass is 10.1. The van der Waals surface area contributed by atoms with Crippen LogP contribution in [0.25, 0.3) is 0 Å². The van der Waals surface area contributed by atoms with E-state index in [-0.39, 0.29) is 0 Å². The predicted octanol–water partition coefficient (Wildman–Crippen LogP) is 0.0664. The Morgan fingerprint density at radius 1 is 1.31 bits per heavy atom. The fourth-order valence-corrected chi connectivity index (χ4v) is 1.62. The fraction of sp³-hybridized carbons (Fsp3) is 0.400. The summed E-state index contributed by atoms with van der Waals surface area (Å²) in [5, 5.41) is 15.1. The topological polar surface area (TPSA) is 44.3 Å². The minimum atomic E-state index is -0.534. The van der Waals surface area contributed by atoms with Crippen molar-refractivity contribution >= 4 is 0 Å². The summed E-state index contributed by atoms with van der Waals surface area (Å²) in [6.07, 6.45) is 0.430. The minimum Gasteiger partial charge on any atom is -0.365 e. The molecule has 0 aromatic heterocycles. The molecular weight excluding hydrogens is 164 g/mol. The molecule has 2 rings (SSSR count). The molecule has 1 aromatic rings. The third-order valence-electron chi connectivity index (χ3n) is 2.28. The standard InChI is InChI=1S/C10H14N2O/c13-10-11-7-9(12-10)6-8-4-2-1-3-5-8/h1-5,9-13H,6-7H2. The van der Waals surface area contributed by atoms with Crippen LogP contribution in [0.15, 0.2) is 30.3 Å². The number of benzene rings is 1. The maximum absolute atomic E-state index is 9.16. The number of nitrogens with one attached hydrogen (secondary N) is 2. The maximum Gasteiger partial charge on any atom is 0.160 e. The average Bonchev–Trinajstić information content (AvgIpc) is 2.53. The van der Waals surface area contributed by atoms with Gasteiger partial charge < -0.3 is 5.11 Å². The summed E-state index contributed by atoms with van der Waals surface area (Å²) in [5.74, 6) is 0. The van der Waals surface area contributed by atoms with Crippen LogP contribution < -0.4 is 10.6 Å². The van der Waals surface area contributed by atoms with Crippen LogP contribution in [0.5, 0.6) is 0 Å². The van der Waals surface area contributed by atoms with Gasteiger partial charge in [-0.15, -0.1) is 0 Å². The first-order chi connectivity index (χ1) is 6.34. The van der Waals surface area contributed by atoms with Gasteiger partial charge in [0.15, 0.2) is 6.35 Å². The van der Waals surface area contributed by atoms with Gasteiger partial charge >= 0.3 is 0 Å². The molecule has 0 saturated carbocycles. The first-order valence-corrected chi connectivity index (χ1v) is 4.56. The Labute approximate surface area is 77.8 Å². The van der Waals surface area contributed by atoms with Crippen molar-refractivity contribution in [3.63, 3.8) is 0 Å². The zero-order valence-electron chi connectivity index (χ0n) is 7.40. The second kappa shape index (κ2) is 3.87. The lowest BCUT2D eigenvalue weighted by molar-refractivity contribution is 0.133. The molecule has 0 radical (unpaired) electrons. The van der Waals surface area contributed by atoms with E-state index in [1.54, 1.807) is 0 Å². The molecule has 13 heavy (non-hydrogen) atoms. The summed E-state index contributed by atoms with van der Waals surface area (Å²) in [6.45, 7) is 0.829. The number of hydrogen-bond donors (Lipinski definition) is 3. The highest BCUT2D eigenvalue weighted by Gasteiger charge is 2.20. The van der Waals surface area contributed by atoms with Gasteiger partial charge in [-0.3, -0.25) is 10.6 Å². The van der Waals surface area contributed by atoms with Gasteiger partial charge in [-0.2, -0.15) is 0 Å². The van der Waals surface area contributed by atoms with Crippen molar-refractivity contribution in [3.05, 3.63) is 35.9 Å². The Bertz CT molecular complexity index is 263. The molecule has 3 N–H and O–H groups in total. The molecule has 0 bridgehead atoms. The third-order valence-corrected chi connectivity index (χ3v) is 2.28. The van der Waals surface area contributed by atoms with Crippen molar-refractivity contribution < 1.29 is 5.11 Å². The molecule has 3 nitrogen and oxygen atoms in total. The fourth-order valence-electron chi connectivity index (χ4n) is 1.62. The maximum atomic E-state index is 9.16. The van der Waals surface area contributed by atoms with E-state index in [2.05, 4.69) is 22.8 Å². The van der Waals surface area contributed by atoms with Gasteiger partial charge in [0, 0.05) is 12.6 Å². The number of rotatable bonds is 2. The first kappa shape index (κ1) is 8.69. The summed E-state index contributed by atoms with van der Waals surface area (Å²) < 4.78 is 0. The number of aliphatic hydroxyl groups is 1. The van der Waals surface area contributed by atoms with Crippen molar-refractivity contribution in [2.75, 3.05) is 6.54 Å². The molecule has 0 amide bonds. The van der Waals surface area contributed by atoms with Crippen LogP contribution in [-0.4, -0.2) is 24.0 Å². The van der Waals surface area contributed by atoms with E-state index in [0.717, 1.165) is 13.0 Å². The van der Waals surface area contributed by atoms with Crippen molar-refractivity contribution in [3.8, 4) is 0 Å². The van der Waals surface area contributed by atoms with Crippen LogP contribution in [-0.2, 0) is 6.42 Å². The van der Waals surface area contributed by atoms with E-state index < -0.39 is 6.35 Å². The zero-order valence-corrected chi connectivity index (χ0v) is 7.40. The normalized spacial score (nSPS) is 27.8. The van der Waals surface area contributed by atoms with Crippen molar-refractivity contribution in [1.82, 2.24) is 10.6 Å². The van der Waals surface area contributed by atoms with Gasteiger partial charge in [0.1, 0.15) is 0 Å². The summed E-state index contributed by atoms with van der Waals surface area (Å²) in [7, 11) is 0. The molecule has 1 aromatic carbocycles. The predicted molar refractivity (Wildman–Crippen MR) is 51.1 cm³/mol. The molecule has 0 spiro atoms. The molecule has 1 aliphatic rings. The van der Waals surface area contributed by atoms with E-state index in [4.69, 9.17) is 5.11 Å². The highest BCUT2D eigenvalue weighted by Crippen LogP contribution is 2.05. The average molecular weight is 178 g/mol. The van der Waals surface area contributed by atoms with Crippen molar-refractivity contribution in [2.24, 2.45) is 0 Å². The smallest absolute Gasteiger partial charge is 0.160 e. The quantitative estimate of drug-likeness (QED) is 0.600. The van der Waals surface area contributed by atoms with Crippen molar-refractivity contribution in [2.45, 2.75) is 18.8 Å². The lowest BCUT2D eigenvalue weighted by Crippen LogP contribution is -2.33. The summed E-state index contributed by atoms with van der Waals surface area (Å²) in [6, 6.07) is 10.6. The van der Waals surface area contributed by atoms with E-state index in [9.17, 15) is 0 Å². The molecule has 1 fully saturated rings. The molecular formula is C10H14N2O. The van der Waals surface area contributed by atoms with Gasteiger partial charge in [-0.05, 0) is 12.0 Å². The van der Waals surface area contributed by atoms with E-state index in [1.165, 1.54) is 5.56 Å². The van der Waals surface area contributed by atoms with Crippen LogP contribution >= 0.6 is 0 Å². The molecule has 1 heterocycles. The third kappa shape index (κ3) is 2.28. The molecule has 3 heteroatoms. The van der Waals surface area contributed by atoms with E-state index >= 15 is 0 Å². The van der Waals surface area contributed by atoms with Crippen LogP contribution in [0.4, 0.5) is 0 Å².